The Hall–Kier alpha value is -2.51. The molecule has 7 heteroatoms. The zero-order valence-corrected chi connectivity index (χ0v) is 14.2. The predicted molar refractivity (Wildman–Crippen MR) is 92.2 cm³/mol. The number of nitrogens with zero attached hydrogens (tertiary/aromatic N) is 1. The highest BCUT2D eigenvalue weighted by atomic mass is 32.2. The minimum Gasteiger partial charge on any atom is -0.454 e. The van der Waals surface area contributed by atoms with E-state index in [1.807, 2.05) is 24.3 Å². The standard InChI is InChI=1S/C18H16N2O4S/c21-25(22,12-5-6-17-18(9-12)24-11-23-17)20-8-7-16-14(10-20)13-3-1-2-4-15(13)19-16/h1-6,9,19H,7-8,10-11H2. The second-order valence-corrected chi connectivity index (χ2v) is 8.17. The average Bonchev–Trinajstić information content (AvgIpc) is 3.24. The maximum absolute atomic E-state index is 13.1. The first-order valence-corrected chi connectivity index (χ1v) is 9.55. The Morgan fingerprint density at radius 2 is 1.88 bits per heavy atom. The van der Waals surface area contributed by atoms with Gasteiger partial charge in [-0.1, -0.05) is 18.2 Å². The van der Waals surface area contributed by atoms with Crippen LogP contribution in [0.2, 0.25) is 0 Å². The molecule has 0 saturated carbocycles. The molecule has 3 heterocycles. The molecular weight excluding hydrogens is 340 g/mol. The number of hydrogen-bond acceptors (Lipinski definition) is 4. The molecule has 0 aliphatic carbocycles. The molecule has 0 saturated heterocycles. The van der Waals surface area contributed by atoms with Crippen LogP contribution in [0.4, 0.5) is 0 Å². The molecule has 2 aliphatic rings. The van der Waals surface area contributed by atoms with Gasteiger partial charge in [-0.15, -0.1) is 0 Å². The molecule has 0 spiro atoms. The van der Waals surface area contributed by atoms with Crippen LogP contribution in [0, 0.1) is 0 Å². The second kappa shape index (κ2) is 5.24. The molecule has 0 atom stereocenters. The van der Waals surface area contributed by atoms with E-state index in [2.05, 4.69) is 4.98 Å². The molecule has 3 aromatic rings. The summed E-state index contributed by atoms with van der Waals surface area (Å²) >= 11 is 0. The number of aromatic amines is 1. The summed E-state index contributed by atoms with van der Waals surface area (Å²) in [4.78, 5) is 3.64. The van der Waals surface area contributed by atoms with Gasteiger partial charge in [0.25, 0.3) is 0 Å². The fourth-order valence-corrected chi connectivity index (χ4v) is 4.96. The summed E-state index contributed by atoms with van der Waals surface area (Å²) in [5.41, 5.74) is 3.24. The van der Waals surface area contributed by atoms with Gasteiger partial charge in [-0.25, -0.2) is 8.42 Å². The molecule has 0 radical (unpaired) electrons. The normalized spacial score (nSPS) is 17.0. The van der Waals surface area contributed by atoms with Crippen LogP contribution in [0.1, 0.15) is 11.3 Å². The van der Waals surface area contributed by atoms with Crippen molar-refractivity contribution in [2.75, 3.05) is 13.3 Å². The third kappa shape index (κ3) is 2.23. The highest BCUT2D eigenvalue weighted by Crippen LogP contribution is 2.36. The largest absolute Gasteiger partial charge is 0.454 e. The van der Waals surface area contributed by atoms with Crippen LogP contribution in [0.5, 0.6) is 11.5 Å². The SMILES string of the molecule is O=S(=O)(c1ccc2c(c1)OCO2)N1CCc2[nH]c3ccccc3c2C1. The van der Waals surface area contributed by atoms with Gasteiger partial charge in [0.2, 0.25) is 16.8 Å². The summed E-state index contributed by atoms with van der Waals surface area (Å²) in [5, 5.41) is 1.09. The third-order valence-electron chi connectivity index (χ3n) is 4.83. The molecule has 2 aliphatic heterocycles. The first-order chi connectivity index (χ1) is 12.1. The molecule has 5 rings (SSSR count). The number of para-hydroxylation sites is 1. The maximum Gasteiger partial charge on any atom is 0.243 e. The van der Waals surface area contributed by atoms with Gasteiger partial charge in [0.15, 0.2) is 11.5 Å². The third-order valence-corrected chi connectivity index (χ3v) is 6.67. The zero-order chi connectivity index (χ0) is 17.0. The predicted octanol–water partition coefficient (Wildman–Crippen LogP) is 2.64. The number of sulfonamides is 1. The molecule has 6 nitrogen and oxygen atoms in total. The Bertz CT molecular complexity index is 1090. The lowest BCUT2D eigenvalue weighted by Gasteiger charge is -2.26. The van der Waals surface area contributed by atoms with E-state index in [0.717, 1.165) is 22.2 Å². The van der Waals surface area contributed by atoms with Crippen molar-refractivity contribution >= 4 is 20.9 Å². The lowest BCUT2D eigenvalue weighted by molar-refractivity contribution is 0.174. The van der Waals surface area contributed by atoms with Crippen molar-refractivity contribution < 1.29 is 17.9 Å². The molecule has 128 valence electrons. The van der Waals surface area contributed by atoms with Crippen molar-refractivity contribution in [3.05, 3.63) is 53.7 Å². The van der Waals surface area contributed by atoms with Gasteiger partial charge < -0.3 is 14.5 Å². The molecule has 1 N–H and O–H groups in total. The highest BCUT2D eigenvalue weighted by Gasteiger charge is 2.31. The van der Waals surface area contributed by atoms with Crippen molar-refractivity contribution in [2.45, 2.75) is 17.9 Å². The van der Waals surface area contributed by atoms with Crippen LogP contribution in [0.3, 0.4) is 0 Å². The van der Waals surface area contributed by atoms with E-state index >= 15 is 0 Å². The summed E-state index contributed by atoms with van der Waals surface area (Å²) in [6.07, 6.45) is 0.674. The smallest absolute Gasteiger partial charge is 0.243 e. The number of hydrogen-bond donors (Lipinski definition) is 1. The lowest BCUT2D eigenvalue weighted by atomic mass is 10.1. The van der Waals surface area contributed by atoms with Crippen molar-refractivity contribution in [3.8, 4) is 11.5 Å². The lowest BCUT2D eigenvalue weighted by Crippen LogP contribution is -2.35. The van der Waals surface area contributed by atoms with Gasteiger partial charge in [0.05, 0.1) is 4.90 Å². The minimum atomic E-state index is -3.59. The number of nitrogens with one attached hydrogen (secondary N) is 1. The van der Waals surface area contributed by atoms with Crippen LogP contribution in [0.25, 0.3) is 10.9 Å². The molecule has 0 bridgehead atoms. The number of H-pyrrole nitrogens is 1. The fraction of sp³-hybridized carbons (Fsp3) is 0.222. The van der Waals surface area contributed by atoms with Gasteiger partial charge in [-0.3, -0.25) is 0 Å². The quantitative estimate of drug-likeness (QED) is 0.766. The monoisotopic (exact) mass is 356 g/mol. The van der Waals surface area contributed by atoms with Crippen LogP contribution in [0.15, 0.2) is 47.4 Å². The molecule has 2 aromatic carbocycles. The molecule has 0 unspecified atom stereocenters. The molecule has 1 aromatic heterocycles. The second-order valence-electron chi connectivity index (χ2n) is 6.23. The number of fused-ring (bicyclic) bond motifs is 4. The van der Waals surface area contributed by atoms with Gasteiger partial charge >= 0.3 is 0 Å². The van der Waals surface area contributed by atoms with Gasteiger partial charge in [0, 0.05) is 42.2 Å². The number of benzene rings is 2. The minimum absolute atomic E-state index is 0.126. The fourth-order valence-electron chi connectivity index (χ4n) is 3.53. The molecular formula is C18H16N2O4S. The van der Waals surface area contributed by atoms with E-state index in [9.17, 15) is 8.42 Å². The number of rotatable bonds is 2. The average molecular weight is 356 g/mol. The summed E-state index contributed by atoms with van der Waals surface area (Å²) in [6, 6.07) is 12.8. The maximum atomic E-state index is 13.1. The van der Waals surface area contributed by atoms with Crippen LogP contribution < -0.4 is 9.47 Å². The van der Waals surface area contributed by atoms with Gasteiger partial charge in [0.1, 0.15) is 0 Å². The van der Waals surface area contributed by atoms with Crippen molar-refractivity contribution in [1.82, 2.24) is 9.29 Å². The molecule has 0 fully saturated rings. The summed E-state index contributed by atoms with van der Waals surface area (Å²) in [6.45, 7) is 0.952. The summed E-state index contributed by atoms with van der Waals surface area (Å²) in [5.74, 6) is 1.06. The van der Waals surface area contributed by atoms with Crippen LogP contribution in [-0.2, 0) is 23.0 Å². The van der Waals surface area contributed by atoms with Crippen molar-refractivity contribution in [3.63, 3.8) is 0 Å². The topological polar surface area (TPSA) is 71.6 Å². The van der Waals surface area contributed by atoms with Gasteiger partial charge in [-0.2, -0.15) is 4.31 Å². The summed E-state index contributed by atoms with van der Waals surface area (Å²) in [7, 11) is -3.59. The van der Waals surface area contributed by atoms with E-state index in [-0.39, 0.29) is 11.7 Å². The Kier molecular flexibility index (Phi) is 3.10. The van der Waals surface area contributed by atoms with Crippen LogP contribution in [-0.4, -0.2) is 31.0 Å². The first-order valence-electron chi connectivity index (χ1n) is 8.11. The van der Waals surface area contributed by atoms with E-state index in [0.29, 0.717) is 31.0 Å². The Morgan fingerprint density at radius 3 is 2.80 bits per heavy atom. The Morgan fingerprint density at radius 1 is 1.04 bits per heavy atom. The van der Waals surface area contributed by atoms with Gasteiger partial charge in [-0.05, 0) is 23.8 Å². The summed E-state index contributed by atoms with van der Waals surface area (Å²) < 4.78 is 38.3. The van der Waals surface area contributed by atoms with Crippen LogP contribution >= 0.6 is 0 Å². The van der Waals surface area contributed by atoms with E-state index in [1.54, 1.807) is 18.2 Å². The molecule has 0 amide bonds. The van der Waals surface area contributed by atoms with E-state index in [1.165, 1.54) is 4.31 Å². The van der Waals surface area contributed by atoms with E-state index < -0.39 is 10.0 Å². The molecule has 25 heavy (non-hydrogen) atoms. The Balaban J connectivity index is 1.53. The first kappa shape index (κ1) is 14.8. The Labute approximate surface area is 145 Å². The van der Waals surface area contributed by atoms with E-state index in [4.69, 9.17) is 9.47 Å². The van der Waals surface area contributed by atoms with Crippen molar-refractivity contribution in [1.29, 1.82) is 0 Å². The van der Waals surface area contributed by atoms with Crippen molar-refractivity contribution in [2.24, 2.45) is 0 Å². The zero-order valence-electron chi connectivity index (χ0n) is 13.4. The number of ether oxygens (including phenoxy) is 2. The highest BCUT2D eigenvalue weighted by molar-refractivity contribution is 7.89. The number of aromatic nitrogens is 1.